The first-order valence-electron chi connectivity index (χ1n) is 11.4. The Bertz CT molecular complexity index is 1120. The lowest BCUT2D eigenvalue weighted by Crippen LogP contribution is -2.42. The predicted octanol–water partition coefficient (Wildman–Crippen LogP) is 4.26. The molecular formula is C25H36Cl2N6O. The minimum absolute atomic E-state index is 0. The third-order valence-electron chi connectivity index (χ3n) is 5.80. The Morgan fingerprint density at radius 2 is 1.74 bits per heavy atom. The zero-order chi connectivity index (χ0) is 22.7. The molecular weight excluding hydrogens is 471 g/mol. The van der Waals surface area contributed by atoms with E-state index in [0.717, 1.165) is 38.1 Å². The Labute approximate surface area is 214 Å². The van der Waals surface area contributed by atoms with E-state index in [4.69, 9.17) is 4.98 Å². The van der Waals surface area contributed by atoms with Gasteiger partial charge in [-0.05, 0) is 29.5 Å². The zero-order valence-electron chi connectivity index (χ0n) is 20.4. The number of piperazine rings is 1. The quantitative estimate of drug-likeness (QED) is 0.520. The van der Waals surface area contributed by atoms with Crippen molar-refractivity contribution in [2.45, 2.75) is 46.8 Å². The molecule has 0 spiro atoms. The SMILES string of the molecule is C[C@H](Nc1ncc2ccc(=O)n(CC(C)(C)C)c2n1)c1ccc(CN2CCNCC2)cc1.Cl.Cl. The first kappa shape index (κ1) is 28.1. The average molecular weight is 508 g/mol. The molecule has 0 radical (unpaired) electrons. The van der Waals surface area contributed by atoms with Gasteiger partial charge in [0.25, 0.3) is 5.56 Å². The second-order valence-corrected chi connectivity index (χ2v) is 9.92. The second kappa shape index (κ2) is 12.0. The molecule has 34 heavy (non-hydrogen) atoms. The summed E-state index contributed by atoms with van der Waals surface area (Å²) in [6, 6.07) is 12.2. The number of pyridine rings is 1. The summed E-state index contributed by atoms with van der Waals surface area (Å²) in [6.07, 6.45) is 1.78. The van der Waals surface area contributed by atoms with Crippen LogP contribution in [0.2, 0.25) is 0 Å². The first-order chi connectivity index (χ1) is 15.3. The summed E-state index contributed by atoms with van der Waals surface area (Å²) in [6.45, 7) is 14.4. The lowest BCUT2D eigenvalue weighted by atomic mass is 9.97. The topological polar surface area (TPSA) is 75.1 Å². The largest absolute Gasteiger partial charge is 0.348 e. The van der Waals surface area contributed by atoms with Crippen LogP contribution in [-0.2, 0) is 13.1 Å². The highest BCUT2D eigenvalue weighted by molar-refractivity contribution is 5.85. The maximum Gasteiger partial charge on any atom is 0.252 e. The Kier molecular flexibility index (Phi) is 9.88. The van der Waals surface area contributed by atoms with Crippen LogP contribution in [0.5, 0.6) is 0 Å². The van der Waals surface area contributed by atoms with Gasteiger partial charge in [0, 0.05) is 56.9 Å². The van der Waals surface area contributed by atoms with Gasteiger partial charge in [-0.1, -0.05) is 45.0 Å². The van der Waals surface area contributed by atoms with Gasteiger partial charge in [0.2, 0.25) is 5.95 Å². The van der Waals surface area contributed by atoms with Crippen molar-refractivity contribution < 1.29 is 0 Å². The highest BCUT2D eigenvalue weighted by Gasteiger charge is 2.16. The van der Waals surface area contributed by atoms with Gasteiger partial charge in [-0.15, -0.1) is 24.8 Å². The van der Waals surface area contributed by atoms with Crippen LogP contribution < -0.4 is 16.2 Å². The van der Waals surface area contributed by atoms with Crippen LogP contribution >= 0.6 is 24.8 Å². The van der Waals surface area contributed by atoms with Crippen LogP contribution in [0.4, 0.5) is 5.95 Å². The van der Waals surface area contributed by atoms with E-state index in [0.29, 0.717) is 18.1 Å². The fourth-order valence-corrected chi connectivity index (χ4v) is 4.08. The summed E-state index contributed by atoms with van der Waals surface area (Å²) < 4.78 is 1.75. The van der Waals surface area contributed by atoms with E-state index in [1.165, 1.54) is 11.1 Å². The summed E-state index contributed by atoms with van der Waals surface area (Å²) in [5.41, 5.74) is 3.11. The van der Waals surface area contributed by atoms with Gasteiger partial charge in [0.15, 0.2) is 0 Å². The minimum atomic E-state index is -0.0369. The third-order valence-corrected chi connectivity index (χ3v) is 5.80. The molecule has 0 saturated carbocycles. The van der Waals surface area contributed by atoms with Crippen molar-refractivity contribution in [3.8, 4) is 0 Å². The van der Waals surface area contributed by atoms with Crippen LogP contribution in [0.1, 0.15) is 44.9 Å². The van der Waals surface area contributed by atoms with Gasteiger partial charge in [-0.2, -0.15) is 4.98 Å². The number of nitrogens with one attached hydrogen (secondary N) is 2. The molecule has 1 atom stereocenters. The molecule has 7 nitrogen and oxygen atoms in total. The molecule has 4 rings (SSSR count). The lowest BCUT2D eigenvalue weighted by Gasteiger charge is -2.27. The van der Waals surface area contributed by atoms with Crippen LogP contribution in [0.3, 0.4) is 0 Å². The van der Waals surface area contributed by atoms with Crippen LogP contribution in [0, 0.1) is 5.41 Å². The molecule has 0 aliphatic carbocycles. The molecule has 0 bridgehead atoms. The molecule has 1 aliphatic heterocycles. The Balaban J connectivity index is 0.00000204. The molecule has 1 saturated heterocycles. The van der Waals surface area contributed by atoms with E-state index in [1.807, 2.05) is 0 Å². The normalized spacial score (nSPS) is 15.3. The molecule has 2 N–H and O–H groups in total. The van der Waals surface area contributed by atoms with Gasteiger partial charge in [-0.3, -0.25) is 14.3 Å². The van der Waals surface area contributed by atoms with Gasteiger partial charge in [-0.25, -0.2) is 4.98 Å². The fraction of sp³-hybridized carbons (Fsp3) is 0.480. The Morgan fingerprint density at radius 3 is 2.38 bits per heavy atom. The Morgan fingerprint density at radius 1 is 1.06 bits per heavy atom. The number of nitrogens with zero attached hydrogens (tertiary/aromatic N) is 4. The van der Waals surface area contributed by atoms with Crippen molar-refractivity contribution in [1.29, 1.82) is 0 Å². The lowest BCUT2D eigenvalue weighted by molar-refractivity contribution is 0.233. The third kappa shape index (κ3) is 7.15. The summed E-state index contributed by atoms with van der Waals surface area (Å²) in [4.78, 5) is 24.2. The molecule has 186 valence electrons. The molecule has 0 amide bonds. The number of benzene rings is 1. The molecule has 1 aliphatic rings. The van der Waals surface area contributed by atoms with Crippen LogP contribution in [0.15, 0.2) is 47.4 Å². The smallest absolute Gasteiger partial charge is 0.252 e. The second-order valence-electron chi connectivity index (χ2n) is 9.92. The number of fused-ring (bicyclic) bond motifs is 1. The van der Waals surface area contributed by atoms with Gasteiger partial charge in [0.05, 0.1) is 6.04 Å². The van der Waals surface area contributed by atoms with Crippen molar-refractivity contribution >= 4 is 41.8 Å². The predicted molar refractivity (Wildman–Crippen MR) is 144 cm³/mol. The highest BCUT2D eigenvalue weighted by atomic mass is 35.5. The van der Waals surface area contributed by atoms with E-state index in [9.17, 15) is 4.79 Å². The van der Waals surface area contributed by atoms with E-state index in [-0.39, 0.29) is 41.8 Å². The van der Waals surface area contributed by atoms with E-state index in [2.05, 4.69) is 72.5 Å². The van der Waals surface area contributed by atoms with Crippen LogP contribution in [-0.4, -0.2) is 45.6 Å². The maximum absolute atomic E-state index is 12.5. The minimum Gasteiger partial charge on any atom is -0.348 e. The molecule has 3 heterocycles. The first-order valence-corrected chi connectivity index (χ1v) is 11.4. The number of hydrogen-bond donors (Lipinski definition) is 2. The number of anilines is 1. The summed E-state index contributed by atoms with van der Waals surface area (Å²) in [5.74, 6) is 0.531. The van der Waals surface area contributed by atoms with Crippen molar-refractivity contribution in [3.63, 3.8) is 0 Å². The summed E-state index contributed by atoms with van der Waals surface area (Å²) in [7, 11) is 0. The van der Waals surface area contributed by atoms with Crippen molar-refractivity contribution in [2.24, 2.45) is 5.41 Å². The van der Waals surface area contributed by atoms with Crippen molar-refractivity contribution in [1.82, 2.24) is 24.8 Å². The van der Waals surface area contributed by atoms with E-state index >= 15 is 0 Å². The number of aromatic nitrogens is 3. The zero-order valence-corrected chi connectivity index (χ0v) is 22.0. The van der Waals surface area contributed by atoms with Crippen molar-refractivity contribution in [2.75, 3.05) is 31.5 Å². The number of hydrogen-bond acceptors (Lipinski definition) is 6. The summed E-state index contributed by atoms with van der Waals surface area (Å²) >= 11 is 0. The highest BCUT2D eigenvalue weighted by Crippen LogP contribution is 2.21. The van der Waals surface area contributed by atoms with Gasteiger partial charge in [0.1, 0.15) is 5.65 Å². The average Bonchev–Trinajstić information content (AvgIpc) is 2.76. The van der Waals surface area contributed by atoms with E-state index in [1.54, 1.807) is 22.9 Å². The molecule has 1 fully saturated rings. The number of rotatable bonds is 6. The molecule has 3 aromatic rings. The molecule has 2 aromatic heterocycles. The molecule has 9 heteroatoms. The van der Waals surface area contributed by atoms with Crippen LogP contribution in [0.25, 0.3) is 11.0 Å². The van der Waals surface area contributed by atoms with E-state index < -0.39 is 0 Å². The summed E-state index contributed by atoms with van der Waals surface area (Å²) in [5, 5.41) is 7.67. The standard InChI is InChI=1S/C25H34N6O.2ClH/c1-18(20-7-5-19(6-8-20)16-30-13-11-26-12-14-30)28-24-27-15-21-9-10-22(32)31(23(21)29-24)17-25(2,3)4;;/h5-10,15,18,26H,11-14,16-17H2,1-4H3,(H,27,28,29);2*1H/t18-;;/m0../s1. The van der Waals surface area contributed by atoms with Gasteiger partial charge >= 0.3 is 0 Å². The van der Waals surface area contributed by atoms with Crippen molar-refractivity contribution in [3.05, 3.63) is 64.1 Å². The maximum atomic E-state index is 12.5. The molecule has 1 aromatic carbocycles. The van der Waals surface area contributed by atoms with Gasteiger partial charge < -0.3 is 10.6 Å². The Hall–Kier alpha value is -2.19. The number of halogens is 2. The monoisotopic (exact) mass is 506 g/mol. The molecule has 0 unspecified atom stereocenters. The fourth-order valence-electron chi connectivity index (χ4n) is 4.08.